The Kier molecular flexibility index (Phi) is 6.01. The zero-order valence-corrected chi connectivity index (χ0v) is 18.7. The van der Waals surface area contributed by atoms with E-state index in [0.717, 1.165) is 23.6 Å². The van der Waals surface area contributed by atoms with Gasteiger partial charge in [0.05, 0.1) is 11.3 Å². The summed E-state index contributed by atoms with van der Waals surface area (Å²) in [5.41, 5.74) is 1.45. The van der Waals surface area contributed by atoms with Gasteiger partial charge in [0.25, 0.3) is 11.8 Å². The van der Waals surface area contributed by atoms with Crippen LogP contribution >= 0.6 is 0 Å². The quantitative estimate of drug-likeness (QED) is 0.595. The molecule has 1 saturated heterocycles. The Morgan fingerprint density at radius 2 is 1.50 bits per heavy atom. The standard InChI is InChI=1S/C27H26FN3O3/c28-21-9-7-18(8-10-21)25(32)29-22-11-13-31(14-12-22)27(34)23-15-19-3-1-2-4-20(19)16-24(23)30-26(33)17-5-6-17/h1-4,7-10,15-17,22H,5-6,11-14H2,(H,29,32)(H,30,33). The van der Waals surface area contributed by atoms with Crippen LogP contribution in [-0.2, 0) is 4.79 Å². The van der Waals surface area contributed by atoms with Gasteiger partial charge in [-0.05, 0) is 72.9 Å². The van der Waals surface area contributed by atoms with Gasteiger partial charge in [0.2, 0.25) is 5.91 Å². The molecule has 0 spiro atoms. The molecule has 2 N–H and O–H groups in total. The minimum atomic E-state index is -0.384. The molecular formula is C27H26FN3O3. The molecule has 1 aliphatic heterocycles. The molecule has 2 fully saturated rings. The molecule has 3 aromatic carbocycles. The molecule has 5 rings (SSSR count). The van der Waals surface area contributed by atoms with E-state index in [1.807, 2.05) is 36.4 Å². The Hall–Kier alpha value is -3.74. The van der Waals surface area contributed by atoms with E-state index in [9.17, 15) is 18.8 Å². The molecule has 1 heterocycles. The highest BCUT2D eigenvalue weighted by Gasteiger charge is 2.31. The maximum absolute atomic E-state index is 13.5. The predicted molar refractivity (Wildman–Crippen MR) is 128 cm³/mol. The molecule has 7 heteroatoms. The smallest absolute Gasteiger partial charge is 0.255 e. The molecule has 6 nitrogen and oxygen atoms in total. The second-order valence-electron chi connectivity index (χ2n) is 9.06. The van der Waals surface area contributed by atoms with Crippen molar-refractivity contribution in [3.63, 3.8) is 0 Å². The van der Waals surface area contributed by atoms with E-state index >= 15 is 0 Å². The number of nitrogens with one attached hydrogen (secondary N) is 2. The van der Waals surface area contributed by atoms with Gasteiger partial charge in [0.15, 0.2) is 0 Å². The van der Waals surface area contributed by atoms with E-state index in [2.05, 4.69) is 10.6 Å². The summed E-state index contributed by atoms with van der Waals surface area (Å²) in [7, 11) is 0. The van der Waals surface area contributed by atoms with Gasteiger partial charge in [-0.3, -0.25) is 14.4 Å². The number of rotatable bonds is 5. The first-order valence-electron chi connectivity index (χ1n) is 11.7. The third kappa shape index (κ3) is 4.78. The first-order valence-corrected chi connectivity index (χ1v) is 11.7. The Bertz CT molecular complexity index is 1250. The number of amides is 3. The second kappa shape index (κ2) is 9.25. The van der Waals surface area contributed by atoms with Crippen LogP contribution in [0.1, 0.15) is 46.4 Å². The number of anilines is 1. The fourth-order valence-corrected chi connectivity index (χ4v) is 4.37. The van der Waals surface area contributed by atoms with E-state index in [-0.39, 0.29) is 35.5 Å². The third-order valence-corrected chi connectivity index (χ3v) is 6.55. The average Bonchev–Trinajstić information content (AvgIpc) is 3.70. The van der Waals surface area contributed by atoms with E-state index in [1.54, 1.807) is 4.90 Å². The molecule has 2 aliphatic rings. The number of fused-ring (bicyclic) bond motifs is 1. The van der Waals surface area contributed by atoms with E-state index in [0.29, 0.717) is 42.7 Å². The van der Waals surface area contributed by atoms with Crippen LogP contribution < -0.4 is 10.6 Å². The van der Waals surface area contributed by atoms with Gasteiger partial charge in [-0.2, -0.15) is 0 Å². The zero-order chi connectivity index (χ0) is 23.7. The van der Waals surface area contributed by atoms with Gasteiger partial charge in [-0.1, -0.05) is 24.3 Å². The molecule has 1 aliphatic carbocycles. The summed E-state index contributed by atoms with van der Waals surface area (Å²) in [6.07, 6.45) is 3.02. The Balaban J connectivity index is 1.28. The van der Waals surface area contributed by atoms with Gasteiger partial charge in [0, 0.05) is 30.6 Å². The van der Waals surface area contributed by atoms with Crippen molar-refractivity contribution >= 4 is 34.2 Å². The van der Waals surface area contributed by atoms with Crippen molar-refractivity contribution in [3.05, 3.63) is 77.6 Å². The van der Waals surface area contributed by atoms with E-state index in [1.165, 1.54) is 24.3 Å². The topological polar surface area (TPSA) is 78.5 Å². The highest BCUT2D eigenvalue weighted by atomic mass is 19.1. The molecule has 0 unspecified atom stereocenters. The van der Waals surface area contributed by atoms with E-state index in [4.69, 9.17) is 0 Å². The summed E-state index contributed by atoms with van der Waals surface area (Å²) in [5, 5.41) is 7.86. The van der Waals surface area contributed by atoms with Crippen molar-refractivity contribution in [1.82, 2.24) is 10.2 Å². The lowest BCUT2D eigenvalue weighted by Crippen LogP contribution is -2.46. The molecular weight excluding hydrogens is 433 g/mol. The zero-order valence-electron chi connectivity index (χ0n) is 18.7. The summed E-state index contributed by atoms with van der Waals surface area (Å²) in [6.45, 7) is 0.992. The van der Waals surface area contributed by atoms with Crippen molar-refractivity contribution in [2.24, 2.45) is 5.92 Å². The monoisotopic (exact) mass is 459 g/mol. The minimum absolute atomic E-state index is 0.0356. The summed E-state index contributed by atoms with van der Waals surface area (Å²) >= 11 is 0. The van der Waals surface area contributed by atoms with Crippen molar-refractivity contribution in [1.29, 1.82) is 0 Å². The van der Waals surface area contributed by atoms with Crippen molar-refractivity contribution < 1.29 is 18.8 Å². The highest BCUT2D eigenvalue weighted by Crippen LogP contribution is 2.32. The van der Waals surface area contributed by atoms with Gasteiger partial charge in [0.1, 0.15) is 5.82 Å². The highest BCUT2D eigenvalue weighted by molar-refractivity contribution is 6.08. The summed E-state index contributed by atoms with van der Waals surface area (Å²) in [4.78, 5) is 40.1. The van der Waals surface area contributed by atoms with Crippen LogP contribution in [-0.4, -0.2) is 41.8 Å². The maximum atomic E-state index is 13.5. The molecule has 0 aromatic heterocycles. The number of hydrogen-bond acceptors (Lipinski definition) is 3. The number of hydrogen-bond donors (Lipinski definition) is 2. The molecule has 1 saturated carbocycles. The molecule has 3 aromatic rings. The van der Waals surface area contributed by atoms with Gasteiger partial charge in [-0.25, -0.2) is 4.39 Å². The number of piperidine rings is 1. The second-order valence-corrected chi connectivity index (χ2v) is 9.06. The van der Waals surface area contributed by atoms with Gasteiger partial charge < -0.3 is 15.5 Å². The Morgan fingerprint density at radius 3 is 2.15 bits per heavy atom. The van der Waals surface area contributed by atoms with Crippen LogP contribution in [0.25, 0.3) is 10.8 Å². The van der Waals surface area contributed by atoms with Crippen molar-refractivity contribution in [2.75, 3.05) is 18.4 Å². The predicted octanol–water partition coefficient (Wildman–Crippen LogP) is 4.36. The fourth-order valence-electron chi connectivity index (χ4n) is 4.37. The largest absolute Gasteiger partial charge is 0.349 e. The number of likely N-dealkylation sites (tertiary alicyclic amines) is 1. The molecule has 34 heavy (non-hydrogen) atoms. The van der Waals surface area contributed by atoms with E-state index < -0.39 is 0 Å². The van der Waals surface area contributed by atoms with Crippen LogP contribution in [0.2, 0.25) is 0 Å². The van der Waals surface area contributed by atoms with Crippen molar-refractivity contribution in [2.45, 2.75) is 31.7 Å². The van der Waals surface area contributed by atoms with Crippen LogP contribution in [0.4, 0.5) is 10.1 Å². The summed E-state index contributed by atoms with van der Waals surface area (Å²) in [5.74, 6) is -0.754. The SMILES string of the molecule is O=C(NC1CCN(C(=O)c2cc3ccccc3cc2NC(=O)C2CC2)CC1)c1ccc(F)cc1. The Morgan fingerprint density at radius 1 is 0.853 bits per heavy atom. The van der Waals surface area contributed by atoms with Gasteiger partial charge in [-0.15, -0.1) is 0 Å². The van der Waals surface area contributed by atoms with Crippen LogP contribution in [0.15, 0.2) is 60.7 Å². The lowest BCUT2D eigenvalue weighted by Gasteiger charge is -2.33. The number of benzene rings is 3. The normalized spacial score (nSPS) is 16.3. The van der Waals surface area contributed by atoms with Gasteiger partial charge >= 0.3 is 0 Å². The minimum Gasteiger partial charge on any atom is -0.349 e. The molecule has 3 amide bonds. The van der Waals surface area contributed by atoms with Crippen molar-refractivity contribution in [3.8, 4) is 0 Å². The summed E-state index contributed by atoms with van der Waals surface area (Å²) in [6, 6.07) is 16.9. The lowest BCUT2D eigenvalue weighted by molar-refractivity contribution is -0.117. The van der Waals surface area contributed by atoms with Crippen LogP contribution in [0.3, 0.4) is 0 Å². The lowest BCUT2D eigenvalue weighted by atomic mass is 10.0. The molecule has 0 bridgehead atoms. The average molecular weight is 460 g/mol. The maximum Gasteiger partial charge on any atom is 0.255 e. The molecule has 0 atom stereocenters. The fraction of sp³-hybridized carbons (Fsp3) is 0.296. The number of nitrogens with zero attached hydrogens (tertiary/aromatic N) is 1. The molecule has 0 radical (unpaired) electrons. The number of carbonyl (C=O) groups excluding carboxylic acids is 3. The third-order valence-electron chi connectivity index (χ3n) is 6.55. The number of halogens is 1. The van der Waals surface area contributed by atoms with Crippen LogP contribution in [0, 0.1) is 11.7 Å². The Labute approximate surface area is 197 Å². The molecule has 174 valence electrons. The number of carbonyl (C=O) groups is 3. The first-order chi connectivity index (χ1) is 16.5. The first kappa shape index (κ1) is 22.1. The van der Waals surface area contributed by atoms with Crippen LogP contribution in [0.5, 0.6) is 0 Å². The summed E-state index contributed by atoms with van der Waals surface area (Å²) < 4.78 is 13.1.